The molecular formula is C25H23N5O2. The van der Waals surface area contributed by atoms with E-state index in [-0.39, 0.29) is 18.2 Å². The van der Waals surface area contributed by atoms with E-state index in [1.54, 1.807) is 17.3 Å². The molecule has 0 fully saturated rings. The van der Waals surface area contributed by atoms with E-state index in [4.69, 9.17) is 4.98 Å². The van der Waals surface area contributed by atoms with Gasteiger partial charge < -0.3 is 5.32 Å². The lowest BCUT2D eigenvalue weighted by Gasteiger charge is -2.16. The topological polar surface area (TPSA) is 80.1 Å². The number of carbonyl (C=O) groups excluding carboxylic acids is 2. The van der Waals surface area contributed by atoms with Crippen molar-refractivity contribution in [3.05, 3.63) is 83.7 Å². The minimum absolute atomic E-state index is 0.0308. The SMILES string of the molecule is Cc1ccc(NC(=O)C[C@H]2C(=O)N(Cc3cccnc3)c3nc4ccccc4n32)c(C)c1. The molecule has 5 rings (SSSR count). The Kier molecular flexibility index (Phi) is 4.93. The van der Waals surface area contributed by atoms with Crippen LogP contribution in [0.25, 0.3) is 11.0 Å². The average Bonchev–Trinajstić information content (AvgIpc) is 3.27. The van der Waals surface area contributed by atoms with Gasteiger partial charge in [-0.3, -0.25) is 24.0 Å². The number of amides is 2. The van der Waals surface area contributed by atoms with Crippen molar-refractivity contribution in [1.29, 1.82) is 0 Å². The monoisotopic (exact) mass is 425 g/mol. The number of anilines is 2. The van der Waals surface area contributed by atoms with Crippen molar-refractivity contribution in [3.63, 3.8) is 0 Å². The van der Waals surface area contributed by atoms with E-state index in [1.807, 2.05) is 73.0 Å². The first kappa shape index (κ1) is 19.9. The Hall–Kier alpha value is -4.00. The number of hydrogen-bond donors (Lipinski definition) is 1. The molecule has 1 atom stereocenters. The fourth-order valence-corrected chi connectivity index (χ4v) is 4.25. The third-order valence-electron chi connectivity index (χ3n) is 5.78. The summed E-state index contributed by atoms with van der Waals surface area (Å²) >= 11 is 0. The molecule has 1 N–H and O–H groups in total. The number of rotatable bonds is 5. The van der Waals surface area contributed by atoms with Crippen LogP contribution in [0.4, 0.5) is 11.6 Å². The van der Waals surface area contributed by atoms with Crippen molar-refractivity contribution in [2.45, 2.75) is 32.9 Å². The number of para-hydroxylation sites is 2. The molecule has 1 aliphatic heterocycles. The van der Waals surface area contributed by atoms with Gasteiger partial charge in [0, 0.05) is 18.1 Å². The third kappa shape index (κ3) is 3.51. The molecule has 2 aromatic heterocycles. The number of nitrogens with zero attached hydrogens (tertiary/aromatic N) is 4. The summed E-state index contributed by atoms with van der Waals surface area (Å²) in [6.45, 7) is 4.32. The van der Waals surface area contributed by atoms with E-state index < -0.39 is 6.04 Å². The van der Waals surface area contributed by atoms with Crippen LogP contribution < -0.4 is 10.2 Å². The quantitative estimate of drug-likeness (QED) is 0.521. The van der Waals surface area contributed by atoms with Crippen molar-refractivity contribution in [3.8, 4) is 0 Å². The van der Waals surface area contributed by atoms with Gasteiger partial charge in [-0.1, -0.05) is 35.9 Å². The van der Waals surface area contributed by atoms with Gasteiger partial charge in [0.1, 0.15) is 6.04 Å². The van der Waals surface area contributed by atoms with Crippen molar-refractivity contribution in [1.82, 2.24) is 14.5 Å². The van der Waals surface area contributed by atoms with Gasteiger partial charge in [0.2, 0.25) is 11.9 Å². The van der Waals surface area contributed by atoms with Gasteiger partial charge in [0.15, 0.2) is 0 Å². The first-order chi connectivity index (χ1) is 15.5. The maximum Gasteiger partial charge on any atom is 0.253 e. The fraction of sp³-hybridized carbons (Fsp3) is 0.200. The normalized spacial score (nSPS) is 15.2. The van der Waals surface area contributed by atoms with Crippen molar-refractivity contribution >= 4 is 34.5 Å². The van der Waals surface area contributed by atoms with Crippen LogP contribution in [-0.2, 0) is 16.1 Å². The summed E-state index contributed by atoms with van der Waals surface area (Å²) in [6, 6.07) is 16.7. The Balaban J connectivity index is 1.47. The number of aromatic nitrogens is 3. The molecule has 0 bridgehead atoms. The summed E-state index contributed by atoms with van der Waals surface area (Å²) < 4.78 is 1.88. The van der Waals surface area contributed by atoms with Crippen LogP contribution in [0.15, 0.2) is 67.0 Å². The van der Waals surface area contributed by atoms with E-state index >= 15 is 0 Å². The Bertz CT molecular complexity index is 1330. The van der Waals surface area contributed by atoms with Crippen LogP contribution in [0.2, 0.25) is 0 Å². The summed E-state index contributed by atoms with van der Waals surface area (Å²) in [6.07, 6.45) is 3.47. The molecule has 3 heterocycles. The number of nitrogens with one attached hydrogen (secondary N) is 1. The molecule has 0 unspecified atom stereocenters. The molecular weight excluding hydrogens is 402 g/mol. The zero-order valence-corrected chi connectivity index (χ0v) is 17.9. The molecule has 7 heteroatoms. The van der Waals surface area contributed by atoms with Crippen LogP contribution in [-0.4, -0.2) is 26.3 Å². The molecule has 160 valence electrons. The van der Waals surface area contributed by atoms with Gasteiger partial charge in [0.25, 0.3) is 5.91 Å². The van der Waals surface area contributed by atoms with Crippen LogP contribution in [0, 0.1) is 13.8 Å². The maximum absolute atomic E-state index is 13.4. The molecule has 2 amide bonds. The van der Waals surface area contributed by atoms with E-state index in [0.717, 1.165) is 33.4 Å². The maximum atomic E-state index is 13.4. The van der Waals surface area contributed by atoms with Gasteiger partial charge in [-0.05, 0) is 49.2 Å². The van der Waals surface area contributed by atoms with Gasteiger partial charge >= 0.3 is 0 Å². The van der Waals surface area contributed by atoms with Gasteiger partial charge in [0.05, 0.1) is 24.0 Å². The number of fused-ring (bicyclic) bond motifs is 3. The highest BCUT2D eigenvalue weighted by atomic mass is 16.2. The first-order valence-electron chi connectivity index (χ1n) is 10.6. The van der Waals surface area contributed by atoms with Crippen LogP contribution in [0.5, 0.6) is 0 Å². The molecule has 1 aliphatic rings. The summed E-state index contributed by atoms with van der Waals surface area (Å²) in [7, 11) is 0. The highest BCUT2D eigenvalue weighted by Gasteiger charge is 2.40. The van der Waals surface area contributed by atoms with Gasteiger partial charge in [-0.2, -0.15) is 0 Å². The third-order valence-corrected chi connectivity index (χ3v) is 5.78. The molecule has 0 saturated heterocycles. The first-order valence-corrected chi connectivity index (χ1v) is 10.6. The molecule has 4 aromatic rings. The number of benzene rings is 2. The van der Waals surface area contributed by atoms with Gasteiger partial charge in [-0.25, -0.2) is 4.98 Å². The average molecular weight is 425 g/mol. The van der Waals surface area contributed by atoms with Crippen LogP contribution in [0.1, 0.15) is 29.2 Å². The van der Waals surface area contributed by atoms with Crippen molar-refractivity contribution in [2.24, 2.45) is 0 Å². The van der Waals surface area contributed by atoms with Crippen LogP contribution >= 0.6 is 0 Å². The Labute approximate surface area is 185 Å². The van der Waals surface area contributed by atoms with E-state index in [1.165, 1.54) is 0 Å². The largest absolute Gasteiger partial charge is 0.326 e. The zero-order chi connectivity index (χ0) is 22.2. The smallest absolute Gasteiger partial charge is 0.253 e. The predicted octanol–water partition coefficient (Wildman–Crippen LogP) is 4.16. The molecule has 0 aliphatic carbocycles. The van der Waals surface area contributed by atoms with Gasteiger partial charge in [-0.15, -0.1) is 0 Å². The Morgan fingerprint density at radius 2 is 1.94 bits per heavy atom. The molecule has 32 heavy (non-hydrogen) atoms. The fourth-order valence-electron chi connectivity index (χ4n) is 4.25. The zero-order valence-electron chi connectivity index (χ0n) is 17.9. The summed E-state index contributed by atoms with van der Waals surface area (Å²) in [5.41, 5.74) is 5.42. The van der Waals surface area contributed by atoms with E-state index in [2.05, 4.69) is 10.3 Å². The molecule has 7 nitrogen and oxygen atoms in total. The molecule has 2 aromatic carbocycles. The Morgan fingerprint density at radius 1 is 1.09 bits per heavy atom. The standard InChI is InChI=1S/C25H23N5O2/c1-16-9-10-19(17(2)12-16)27-23(31)13-22-24(32)29(15-18-6-5-11-26-14-18)25-28-20-7-3-4-8-21(20)30(22)25/h3-12,14,22H,13,15H2,1-2H3,(H,27,31)/t22-/m0/s1. The second-order valence-corrected chi connectivity index (χ2v) is 8.14. The summed E-state index contributed by atoms with van der Waals surface area (Å²) in [4.78, 5) is 36.9. The number of pyridine rings is 1. The lowest BCUT2D eigenvalue weighted by molar-refractivity contribution is -0.124. The summed E-state index contributed by atoms with van der Waals surface area (Å²) in [5, 5.41) is 2.97. The minimum atomic E-state index is -0.653. The minimum Gasteiger partial charge on any atom is -0.326 e. The highest BCUT2D eigenvalue weighted by molar-refractivity contribution is 6.05. The number of imidazole rings is 1. The molecule has 0 radical (unpaired) electrons. The second-order valence-electron chi connectivity index (χ2n) is 8.14. The second kappa shape index (κ2) is 7.92. The molecule has 0 saturated carbocycles. The molecule has 0 spiro atoms. The highest BCUT2D eigenvalue weighted by Crippen LogP contribution is 2.37. The number of carbonyl (C=O) groups is 2. The Morgan fingerprint density at radius 3 is 2.72 bits per heavy atom. The summed E-state index contributed by atoms with van der Waals surface area (Å²) in [5.74, 6) is 0.213. The van der Waals surface area contributed by atoms with Crippen LogP contribution in [0.3, 0.4) is 0 Å². The van der Waals surface area contributed by atoms with E-state index in [0.29, 0.717) is 12.5 Å². The predicted molar refractivity (Wildman–Crippen MR) is 123 cm³/mol. The lowest BCUT2D eigenvalue weighted by atomic mass is 10.1. The van der Waals surface area contributed by atoms with E-state index in [9.17, 15) is 9.59 Å². The number of hydrogen-bond acceptors (Lipinski definition) is 4. The van der Waals surface area contributed by atoms with Crippen molar-refractivity contribution < 1.29 is 9.59 Å². The lowest BCUT2D eigenvalue weighted by Crippen LogP contribution is -2.31. The van der Waals surface area contributed by atoms with Crippen molar-refractivity contribution in [2.75, 3.05) is 10.2 Å². The number of aryl methyl sites for hydroxylation is 2.